The van der Waals surface area contributed by atoms with Gasteiger partial charge in [0, 0.05) is 25.6 Å². The minimum atomic E-state index is -0.0837. The van der Waals surface area contributed by atoms with E-state index in [2.05, 4.69) is 41.0 Å². The standard InChI is InChI=1S/C18H30N4O3/c1-6-24-16(23)13-7-9-22(10-8-13)17(19-5)21-12-15-20-11-14(25-15)18(2,3)4/h11,13H,6-10,12H2,1-5H3,(H,19,21). The lowest BCUT2D eigenvalue weighted by Crippen LogP contribution is -2.46. The number of hydrogen-bond acceptors (Lipinski definition) is 5. The van der Waals surface area contributed by atoms with E-state index in [1.165, 1.54) is 0 Å². The zero-order valence-electron chi connectivity index (χ0n) is 16.0. The molecule has 0 radical (unpaired) electrons. The molecule has 140 valence electrons. The van der Waals surface area contributed by atoms with Gasteiger partial charge in [0.05, 0.1) is 25.3 Å². The van der Waals surface area contributed by atoms with Gasteiger partial charge in [-0.25, -0.2) is 4.98 Å². The quantitative estimate of drug-likeness (QED) is 0.510. The van der Waals surface area contributed by atoms with Gasteiger partial charge >= 0.3 is 5.97 Å². The number of piperidine rings is 1. The van der Waals surface area contributed by atoms with Gasteiger partial charge in [0.1, 0.15) is 5.76 Å². The third-order valence-corrected chi connectivity index (χ3v) is 4.32. The number of likely N-dealkylation sites (tertiary alicyclic amines) is 1. The number of ether oxygens (including phenoxy) is 1. The molecule has 7 nitrogen and oxygen atoms in total. The smallest absolute Gasteiger partial charge is 0.309 e. The molecule has 0 unspecified atom stereocenters. The molecule has 25 heavy (non-hydrogen) atoms. The maximum absolute atomic E-state index is 11.8. The van der Waals surface area contributed by atoms with E-state index in [4.69, 9.17) is 9.15 Å². The van der Waals surface area contributed by atoms with Gasteiger partial charge < -0.3 is 19.4 Å². The summed E-state index contributed by atoms with van der Waals surface area (Å²) in [6, 6.07) is 0. The van der Waals surface area contributed by atoms with Gasteiger partial charge in [0.25, 0.3) is 0 Å². The summed E-state index contributed by atoms with van der Waals surface area (Å²) >= 11 is 0. The number of carbonyl (C=O) groups excluding carboxylic acids is 1. The number of oxazole rings is 1. The third-order valence-electron chi connectivity index (χ3n) is 4.32. The number of carbonyl (C=O) groups is 1. The Labute approximate surface area is 149 Å². The van der Waals surface area contributed by atoms with Crippen LogP contribution < -0.4 is 5.32 Å². The highest BCUT2D eigenvalue weighted by molar-refractivity contribution is 5.80. The lowest BCUT2D eigenvalue weighted by molar-refractivity contribution is -0.149. The number of guanidine groups is 1. The molecule has 1 fully saturated rings. The second-order valence-electron chi connectivity index (χ2n) is 7.28. The van der Waals surface area contributed by atoms with Crippen molar-refractivity contribution in [1.29, 1.82) is 0 Å². The van der Waals surface area contributed by atoms with Crippen molar-refractivity contribution in [3.8, 4) is 0 Å². The SMILES string of the molecule is CCOC(=O)C1CCN(C(=NC)NCc2ncc(C(C)(C)C)o2)CC1. The topological polar surface area (TPSA) is 80.0 Å². The molecule has 0 aliphatic carbocycles. The van der Waals surface area contributed by atoms with Crippen LogP contribution in [0, 0.1) is 5.92 Å². The lowest BCUT2D eigenvalue weighted by atomic mass is 9.94. The van der Waals surface area contributed by atoms with Gasteiger partial charge in [-0.1, -0.05) is 20.8 Å². The molecule has 1 aromatic rings. The number of nitrogens with one attached hydrogen (secondary N) is 1. The summed E-state index contributed by atoms with van der Waals surface area (Å²) in [5.74, 6) is 2.23. The highest BCUT2D eigenvalue weighted by Crippen LogP contribution is 2.23. The van der Waals surface area contributed by atoms with E-state index >= 15 is 0 Å². The first-order chi connectivity index (χ1) is 11.8. The van der Waals surface area contributed by atoms with Crippen molar-refractivity contribution < 1.29 is 13.9 Å². The van der Waals surface area contributed by atoms with E-state index in [1.54, 1.807) is 13.2 Å². The average Bonchev–Trinajstić information content (AvgIpc) is 3.05. The van der Waals surface area contributed by atoms with E-state index in [1.807, 2.05) is 6.92 Å². The lowest BCUT2D eigenvalue weighted by Gasteiger charge is -2.33. The summed E-state index contributed by atoms with van der Waals surface area (Å²) < 4.78 is 10.9. The van der Waals surface area contributed by atoms with E-state index in [9.17, 15) is 4.79 Å². The first-order valence-corrected chi connectivity index (χ1v) is 8.92. The molecule has 0 spiro atoms. The zero-order chi connectivity index (χ0) is 18.4. The fraction of sp³-hybridized carbons (Fsp3) is 0.722. The second kappa shape index (κ2) is 8.36. The van der Waals surface area contributed by atoms with Crippen LogP contribution in [0.15, 0.2) is 15.6 Å². The predicted molar refractivity (Wildman–Crippen MR) is 96.3 cm³/mol. The molecule has 2 rings (SSSR count). The number of aliphatic imine (C=N–C) groups is 1. The molecule has 0 atom stereocenters. The van der Waals surface area contributed by atoms with Crippen molar-refractivity contribution >= 4 is 11.9 Å². The van der Waals surface area contributed by atoms with E-state index in [0.29, 0.717) is 19.0 Å². The Bertz CT molecular complexity index is 596. The summed E-state index contributed by atoms with van der Waals surface area (Å²) in [6.45, 7) is 10.6. The van der Waals surface area contributed by atoms with Crippen molar-refractivity contribution in [2.45, 2.75) is 52.5 Å². The van der Waals surface area contributed by atoms with Crippen LogP contribution >= 0.6 is 0 Å². The Kier molecular flexibility index (Phi) is 6.45. The first-order valence-electron chi connectivity index (χ1n) is 8.92. The normalized spacial score (nSPS) is 16.8. The van der Waals surface area contributed by atoms with Crippen LogP contribution in [0.25, 0.3) is 0 Å². The van der Waals surface area contributed by atoms with Gasteiger partial charge in [-0.3, -0.25) is 9.79 Å². The van der Waals surface area contributed by atoms with Crippen LogP contribution in [-0.2, 0) is 21.5 Å². The van der Waals surface area contributed by atoms with Crippen LogP contribution in [0.5, 0.6) is 0 Å². The maximum Gasteiger partial charge on any atom is 0.309 e. The minimum Gasteiger partial charge on any atom is -0.466 e. The number of esters is 1. The molecule has 1 aliphatic heterocycles. The molecule has 0 amide bonds. The Morgan fingerprint density at radius 2 is 2.12 bits per heavy atom. The fourth-order valence-corrected chi connectivity index (χ4v) is 2.81. The molecule has 1 N–H and O–H groups in total. The van der Waals surface area contributed by atoms with Crippen molar-refractivity contribution in [2.75, 3.05) is 26.7 Å². The second-order valence-corrected chi connectivity index (χ2v) is 7.28. The zero-order valence-corrected chi connectivity index (χ0v) is 16.0. The Morgan fingerprint density at radius 1 is 1.44 bits per heavy atom. The van der Waals surface area contributed by atoms with E-state index in [0.717, 1.165) is 37.7 Å². The molecule has 2 heterocycles. The van der Waals surface area contributed by atoms with Crippen molar-refractivity contribution in [2.24, 2.45) is 10.9 Å². The van der Waals surface area contributed by atoms with Crippen LogP contribution in [0.4, 0.5) is 0 Å². The van der Waals surface area contributed by atoms with Gasteiger partial charge in [-0.15, -0.1) is 0 Å². The number of rotatable bonds is 4. The molecular weight excluding hydrogens is 320 g/mol. The van der Waals surface area contributed by atoms with Crippen LogP contribution in [0.3, 0.4) is 0 Å². The summed E-state index contributed by atoms with van der Waals surface area (Å²) in [7, 11) is 1.76. The molecule has 1 saturated heterocycles. The molecule has 1 aliphatic rings. The molecule has 0 saturated carbocycles. The molecule has 0 bridgehead atoms. The third kappa shape index (κ3) is 5.21. The highest BCUT2D eigenvalue weighted by atomic mass is 16.5. The van der Waals surface area contributed by atoms with E-state index < -0.39 is 0 Å². The van der Waals surface area contributed by atoms with Gasteiger partial charge in [0.2, 0.25) is 5.89 Å². The predicted octanol–water partition coefficient (Wildman–Crippen LogP) is 2.32. The Morgan fingerprint density at radius 3 is 2.64 bits per heavy atom. The summed E-state index contributed by atoms with van der Waals surface area (Å²) in [5.41, 5.74) is -0.0537. The number of aromatic nitrogens is 1. The largest absolute Gasteiger partial charge is 0.466 e. The van der Waals surface area contributed by atoms with Gasteiger partial charge in [-0.2, -0.15) is 0 Å². The molecule has 0 aromatic carbocycles. The summed E-state index contributed by atoms with van der Waals surface area (Å²) in [6.07, 6.45) is 3.35. The average molecular weight is 350 g/mol. The minimum absolute atomic E-state index is 0.00427. The fourth-order valence-electron chi connectivity index (χ4n) is 2.81. The maximum atomic E-state index is 11.8. The van der Waals surface area contributed by atoms with Crippen molar-refractivity contribution in [3.05, 3.63) is 17.8 Å². The van der Waals surface area contributed by atoms with Crippen LogP contribution in [0.1, 0.15) is 52.2 Å². The van der Waals surface area contributed by atoms with E-state index in [-0.39, 0.29) is 17.3 Å². The Hall–Kier alpha value is -2.05. The van der Waals surface area contributed by atoms with Crippen LogP contribution in [-0.4, -0.2) is 48.6 Å². The number of hydrogen-bond donors (Lipinski definition) is 1. The van der Waals surface area contributed by atoms with Crippen LogP contribution in [0.2, 0.25) is 0 Å². The summed E-state index contributed by atoms with van der Waals surface area (Å²) in [4.78, 5) is 22.6. The monoisotopic (exact) mass is 350 g/mol. The van der Waals surface area contributed by atoms with Gasteiger partial charge in [0.15, 0.2) is 5.96 Å². The molecule has 7 heteroatoms. The summed E-state index contributed by atoms with van der Waals surface area (Å²) in [5, 5.41) is 3.29. The molecular formula is C18H30N4O3. The number of nitrogens with zero attached hydrogens (tertiary/aromatic N) is 3. The highest BCUT2D eigenvalue weighted by Gasteiger charge is 2.27. The van der Waals surface area contributed by atoms with Gasteiger partial charge in [-0.05, 0) is 19.8 Å². The van der Waals surface area contributed by atoms with Crippen molar-refractivity contribution in [1.82, 2.24) is 15.2 Å². The van der Waals surface area contributed by atoms with Crippen molar-refractivity contribution in [3.63, 3.8) is 0 Å². The Balaban J connectivity index is 1.85. The first kappa shape index (κ1) is 19.3. The molecule has 1 aromatic heterocycles.